The number of carboxylic acid groups (broad SMARTS) is 1. The van der Waals surface area contributed by atoms with E-state index in [1.165, 1.54) is 11.3 Å². The smallest absolute Gasteiger partial charge is 0.307 e. The van der Waals surface area contributed by atoms with Crippen LogP contribution < -0.4 is 9.47 Å². The molecule has 0 bridgehead atoms. The van der Waals surface area contributed by atoms with Crippen molar-refractivity contribution < 1.29 is 19.4 Å². The van der Waals surface area contributed by atoms with Crippen LogP contribution in [0.5, 0.6) is 11.5 Å². The van der Waals surface area contributed by atoms with Gasteiger partial charge in [-0.2, -0.15) is 0 Å². The fraction of sp³-hybridized carbons (Fsp3) is 0.214. The molecule has 0 aliphatic heterocycles. The van der Waals surface area contributed by atoms with Gasteiger partial charge >= 0.3 is 5.97 Å². The first-order valence-corrected chi connectivity index (χ1v) is 6.54. The van der Waals surface area contributed by atoms with E-state index in [4.69, 9.17) is 14.6 Å². The van der Waals surface area contributed by atoms with E-state index in [1.807, 2.05) is 29.6 Å². The van der Waals surface area contributed by atoms with Crippen LogP contribution in [0.2, 0.25) is 0 Å². The topological polar surface area (TPSA) is 55.8 Å². The van der Waals surface area contributed by atoms with Crippen LogP contribution in [0.4, 0.5) is 0 Å². The summed E-state index contributed by atoms with van der Waals surface area (Å²) in [5.74, 6) is 0.456. The molecule has 0 aliphatic carbocycles. The number of methoxy groups -OCH3 is 2. The molecule has 0 fully saturated rings. The number of rotatable bonds is 5. The second kappa shape index (κ2) is 5.75. The number of thiophene rings is 1. The fourth-order valence-corrected chi connectivity index (χ4v) is 2.79. The van der Waals surface area contributed by atoms with Crippen LogP contribution in [0.3, 0.4) is 0 Å². The maximum Gasteiger partial charge on any atom is 0.307 e. The zero-order chi connectivity index (χ0) is 13.8. The summed E-state index contributed by atoms with van der Waals surface area (Å²) in [6.07, 6.45) is 0.0210. The van der Waals surface area contributed by atoms with Gasteiger partial charge in [0.15, 0.2) is 11.5 Å². The predicted octanol–water partition coefficient (Wildman–Crippen LogP) is 3.06. The molecule has 0 saturated carbocycles. The third-order valence-electron chi connectivity index (χ3n) is 2.73. The van der Waals surface area contributed by atoms with Crippen molar-refractivity contribution >= 4 is 17.3 Å². The highest BCUT2D eigenvalue weighted by atomic mass is 32.1. The van der Waals surface area contributed by atoms with Gasteiger partial charge in [-0.25, -0.2) is 0 Å². The molecule has 1 aromatic heterocycles. The number of ether oxygens (including phenoxy) is 2. The summed E-state index contributed by atoms with van der Waals surface area (Å²) < 4.78 is 10.4. The average molecular weight is 278 g/mol. The van der Waals surface area contributed by atoms with Crippen LogP contribution in [0, 0.1) is 0 Å². The minimum absolute atomic E-state index is 0.0210. The number of hydrogen-bond donors (Lipinski definition) is 1. The molecule has 0 saturated heterocycles. The molecule has 1 heterocycles. The van der Waals surface area contributed by atoms with Crippen molar-refractivity contribution in [1.82, 2.24) is 0 Å². The zero-order valence-corrected chi connectivity index (χ0v) is 11.5. The Morgan fingerprint density at radius 1 is 1.21 bits per heavy atom. The molecule has 100 valence electrons. The summed E-state index contributed by atoms with van der Waals surface area (Å²) in [5.41, 5.74) is 1.74. The van der Waals surface area contributed by atoms with Crippen molar-refractivity contribution in [3.8, 4) is 21.9 Å². The van der Waals surface area contributed by atoms with Gasteiger partial charge in [-0.05, 0) is 40.8 Å². The van der Waals surface area contributed by atoms with Crippen molar-refractivity contribution in [3.63, 3.8) is 0 Å². The minimum Gasteiger partial charge on any atom is -0.493 e. The van der Waals surface area contributed by atoms with Crippen LogP contribution in [-0.2, 0) is 11.2 Å². The van der Waals surface area contributed by atoms with Crippen LogP contribution in [0.1, 0.15) is 5.56 Å². The van der Waals surface area contributed by atoms with E-state index in [1.54, 1.807) is 14.2 Å². The molecule has 0 aliphatic rings. The van der Waals surface area contributed by atoms with Gasteiger partial charge in [0.2, 0.25) is 0 Å². The summed E-state index contributed by atoms with van der Waals surface area (Å²) in [6, 6.07) is 7.41. The fourth-order valence-electron chi connectivity index (χ4n) is 1.87. The maximum atomic E-state index is 10.8. The molecule has 1 aromatic carbocycles. The monoisotopic (exact) mass is 278 g/mol. The lowest BCUT2D eigenvalue weighted by atomic mass is 10.1. The molecule has 19 heavy (non-hydrogen) atoms. The lowest BCUT2D eigenvalue weighted by molar-refractivity contribution is -0.136. The quantitative estimate of drug-likeness (QED) is 0.913. The first kappa shape index (κ1) is 13.4. The lowest BCUT2D eigenvalue weighted by Gasteiger charge is -2.09. The van der Waals surface area contributed by atoms with Crippen LogP contribution >= 0.6 is 11.3 Å². The number of carboxylic acids is 1. The second-order valence-corrected chi connectivity index (χ2v) is 4.83. The maximum absolute atomic E-state index is 10.8. The Hall–Kier alpha value is -2.01. The van der Waals surface area contributed by atoms with Crippen LogP contribution in [0.25, 0.3) is 10.4 Å². The van der Waals surface area contributed by atoms with E-state index in [-0.39, 0.29) is 6.42 Å². The Morgan fingerprint density at radius 2 is 1.95 bits per heavy atom. The first-order valence-electron chi connectivity index (χ1n) is 5.66. The third-order valence-corrected chi connectivity index (χ3v) is 3.74. The summed E-state index contributed by atoms with van der Waals surface area (Å²) in [4.78, 5) is 11.8. The molecule has 5 heteroatoms. The Bertz CT molecular complexity index is 589. The van der Waals surface area contributed by atoms with Gasteiger partial charge in [0.05, 0.1) is 20.6 Å². The largest absolute Gasteiger partial charge is 0.493 e. The molecule has 0 unspecified atom stereocenters. The van der Waals surface area contributed by atoms with Crippen molar-refractivity contribution in [3.05, 3.63) is 35.2 Å². The van der Waals surface area contributed by atoms with E-state index >= 15 is 0 Å². The van der Waals surface area contributed by atoms with Gasteiger partial charge < -0.3 is 14.6 Å². The lowest BCUT2D eigenvalue weighted by Crippen LogP contribution is -1.99. The average Bonchev–Trinajstić information content (AvgIpc) is 2.85. The van der Waals surface area contributed by atoms with Gasteiger partial charge in [0, 0.05) is 4.88 Å². The molecule has 4 nitrogen and oxygen atoms in total. The molecular formula is C14H14O4S. The highest BCUT2D eigenvalue weighted by molar-refractivity contribution is 7.13. The Kier molecular flexibility index (Phi) is 4.06. The van der Waals surface area contributed by atoms with Crippen LogP contribution in [-0.4, -0.2) is 25.3 Å². The SMILES string of the molecule is COc1ccc(-c2sccc2CC(=O)O)cc1OC. The molecular weight excluding hydrogens is 264 g/mol. The van der Waals surface area contributed by atoms with Gasteiger partial charge in [0.25, 0.3) is 0 Å². The Morgan fingerprint density at radius 3 is 2.58 bits per heavy atom. The molecule has 0 radical (unpaired) electrons. The normalized spacial score (nSPS) is 10.2. The first-order chi connectivity index (χ1) is 9.15. The zero-order valence-electron chi connectivity index (χ0n) is 10.7. The minimum atomic E-state index is -0.833. The van der Waals surface area contributed by atoms with Crippen molar-refractivity contribution in [2.45, 2.75) is 6.42 Å². The standard InChI is InChI=1S/C14H14O4S/c1-17-11-4-3-9(7-12(11)18-2)14-10(5-6-19-14)8-13(15)16/h3-7H,8H2,1-2H3,(H,15,16). The Balaban J connectivity index is 2.42. The number of hydrogen-bond acceptors (Lipinski definition) is 4. The third kappa shape index (κ3) is 2.88. The molecule has 2 aromatic rings. The predicted molar refractivity (Wildman–Crippen MR) is 74.2 cm³/mol. The van der Waals surface area contributed by atoms with E-state index in [0.29, 0.717) is 11.5 Å². The molecule has 2 rings (SSSR count). The summed E-state index contributed by atoms with van der Waals surface area (Å²) in [5, 5.41) is 10.8. The molecule has 0 spiro atoms. The molecule has 1 N–H and O–H groups in total. The van der Waals surface area contributed by atoms with Crippen molar-refractivity contribution in [1.29, 1.82) is 0 Å². The summed E-state index contributed by atoms with van der Waals surface area (Å²) in [7, 11) is 3.16. The van der Waals surface area contributed by atoms with E-state index in [0.717, 1.165) is 16.0 Å². The highest BCUT2D eigenvalue weighted by Crippen LogP contribution is 2.36. The van der Waals surface area contributed by atoms with Gasteiger partial charge in [0.1, 0.15) is 0 Å². The van der Waals surface area contributed by atoms with Crippen LogP contribution in [0.15, 0.2) is 29.6 Å². The van der Waals surface area contributed by atoms with Gasteiger partial charge in [-0.3, -0.25) is 4.79 Å². The van der Waals surface area contributed by atoms with E-state index in [2.05, 4.69) is 0 Å². The van der Waals surface area contributed by atoms with Crippen molar-refractivity contribution in [2.24, 2.45) is 0 Å². The van der Waals surface area contributed by atoms with E-state index < -0.39 is 5.97 Å². The number of benzene rings is 1. The summed E-state index contributed by atoms with van der Waals surface area (Å²) >= 11 is 1.52. The van der Waals surface area contributed by atoms with Gasteiger partial charge in [-0.1, -0.05) is 0 Å². The van der Waals surface area contributed by atoms with E-state index in [9.17, 15) is 4.79 Å². The van der Waals surface area contributed by atoms with Crippen molar-refractivity contribution in [2.75, 3.05) is 14.2 Å². The highest BCUT2D eigenvalue weighted by Gasteiger charge is 2.12. The summed E-state index contributed by atoms with van der Waals surface area (Å²) in [6.45, 7) is 0. The number of carbonyl (C=O) groups is 1. The number of aliphatic carboxylic acids is 1. The Labute approximate surface area is 115 Å². The second-order valence-electron chi connectivity index (χ2n) is 3.92. The molecule has 0 amide bonds. The van der Waals surface area contributed by atoms with Gasteiger partial charge in [-0.15, -0.1) is 11.3 Å². The molecule has 0 atom stereocenters.